The van der Waals surface area contributed by atoms with Gasteiger partial charge < -0.3 is 5.73 Å². The molecular weight excluding hydrogens is 238 g/mol. The molecule has 2 aromatic rings. The van der Waals surface area contributed by atoms with E-state index >= 15 is 0 Å². The van der Waals surface area contributed by atoms with Crippen LogP contribution in [0.2, 0.25) is 5.02 Å². The largest absolute Gasteiger partial charge is 0.398 e. The molecule has 5 heteroatoms. The molecule has 0 aliphatic carbocycles. The summed E-state index contributed by atoms with van der Waals surface area (Å²) in [4.78, 5) is 15.3. The Morgan fingerprint density at radius 3 is 2.94 bits per heavy atom. The molecule has 2 N–H and O–H groups in total. The van der Waals surface area contributed by atoms with E-state index in [-0.39, 0.29) is 5.69 Å². The Bertz CT molecular complexity index is 587. The SMILES string of the molecule is Cc1cnc(=O)n(Cc2c(N)cccc2Cl)c1. The third-order valence-electron chi connectivity index (χ3n) is 2.47. The number of benzene rings is 1. The van der Waals surface area contributed by atoms with E-state index in [0.717, 1.165) is 11.1 Å². The highest BCUT2D eigenvalue weighted by atomic mass is 35.5. The van der Waals surface area contributed by atoms with Gasteiger partial charge >= 0.3 is 5.69 Å². The van der Waals surface area contributed by atoms with Crippen molar-refractivity contribution in [3.8, 4) is 0 Å². The summed E-state index contributed by atoms with van der Waals surface area (Å²) in [6.07, 6.45) is 3.27. The second-order valence-corrected chi connectivity index (χ2v) is 4.26. The second-order valence-electron chi connectivity index (χ2n) is 3.85. The van der Waals surface area contributed by atoms with Gasteiger partial charge in [0.05, 0.1) is 6.54 Å². The standard InChI is InChI=1S/C12H12ClN3O/c1-8-5-15-12(17)16(6-8)7-9-10(13)3-2-4-11(9)14/h2-6H,7,14H2,1H3. The van der Waals surface area contributed by atoms with Crippen LogP contribution in [0.15, 0.2) is 35.4 Å². The molecule has 0 saturated heterocycles. The zero-order chi connectivity index (χ0) is 12.4. The highest BCUT2D eigenvalue weighted by Crippen LogP contribution is 2.22. The summed E-state index contributed by atoms with van der Waals surface area (Å²) in [7, 11) is 0. The van der Waals surface area contributed by atoms with Crippen LogP contribution in [0.3, 0.4) is 0 Å². The predicted molar refractivity (Wildman–Crippen MR) is 68.2 cm³/mol. The molecule has 0 atom stereocenters. The number of aromatic nitrogens is 2. The fraction of sp³-hybridized carbons (Fsp3) is 0.167. The zero-order valence-electron chi connectivity index (χ0n) is 9.35. The van der Waals surface area contributed by atoms with Gasteiger partial charge in [-0.1, -0.05) is 17.7 Å². The number of aryl methyl sites for hydroxylation is 1. The second kappa shape index (κ2) is 4.59. The molecule has 0 bridgehead atoms. The van der Waals surface area contributed by atoms with Crippen molar-refractivity contribution in [2.75, 3.05) is 5.73 Å². The minimum absolute atomic E-state index is 0.310. The summed E-state index contributed by atoms with van der Waals surface area (Å²) in [5.41, 5.74) is 7.75. The fourth-order valence-electron chi connectivity index (χ4n) is 1.59. The topological polar surface area (TPSA) is 60.9 Å². The van der Waals surface area contributed by atoms with Crippen LogP contribution in [-0.4, -0.2) is 9.55 Å². The zero-order valence-corrected chi connectivity index (χ0v) is 10.1. The van der Waals surface area contributed by atoms with Crippen molar-refractivity contribution >= 4 is 17.3 Å². The molecule has 0 fully saturated rings. The number of nitrogen functional groups attached to an aromatic ring is 1. The first kappa shape index (κ1) is 11.7. The number of hydrogen-bond acceptors (Lipinski definition) is 3. The van der Waals surface area contributed by atoms with Crippen molar-refractivity contribution in [3.63, 3.8) is 0 Å². The molecule has 0 aliphatic rings. The molecule has 2 rings (SSSR count). The summed E-state index contributed by atoms with van der Waals surface area (Å²) in [6.45, 7) is 2.21. The van der Waals surface area contributed by atoms with Crippen LogP contribution in [0, 0.1) is 6.92 Å². The smallest absolute Gasteiger partial charge is 0.347 e. The van der Waals surface area contributed by atoms with Gasteiger partial charge in [-0.15, -0.1) is 0 Å². The van der Waals surface area contributed by atoms with E-state index in [1.54, 1.807) is 24.4 Å². The van der Waals surface area contributed by atoms with Crippen LogP contribution in [0.5, 0.6) is 0 Å². The maximum absolute atomic E-state index is 11.6. The molecule has 0 spiro atoms. The van der Waals surface area contributed by atoms with Crippen LogP contribution < -0.4 is 11.4 Å². The summed E-state index contributed by atoms with van der Waals surface area (Å²) >= 11 is 6.06. The Balaban J connectivity index is 2.45. The van der Waals surface area contributed by atoms with Gasteiger partial charge in [0.15, 0.2) is 0 Å². The summed E-state index contributed by atoms with van der Waals surface area (Å²) in [5.74, 6) is 0. The third-order valence-corrected chi connectivity index (χ3v) is 2.82. The van der Waals surface area contributed by atoms with E-state index in [1.807, 2.05) is 6.92 Å². The Morgan fingerprint density at radius 1 is 1.47 bits per heavy atom. The molecule has 4 nitrogen and oxygen atoms in total. The molecule has 1 aromatic heterocycles. The molecule has 17 heavy (non-hydrogen) atoms. The highest BCUT2D eigenvalue weighted by molar-refractivity contribution is 6.31. The third kappa shape index (κ3) is 2.47. The number of anilines is 1. The minimum Gasteiger partial charge on any atom is -0.398 e. The molecule has 0 radical (unpaired) electrons. The van der Waals surface area contributed by atoms with E-state index in [1.165, 1.54) is 10.8 Å². The van der Waals surface area contributed by atoms with Gasteiger partial charge in [0.2, 0.25) is 0 Å². The molecule has 0 amide bonds. The summed E-state index contributed by atoms with van der Waals surface area (Å²) < 4.78 is 1.49. The monoisotopic (exact) mass is 249 g/mol. The van der Waals surface area contributed by atoms with E-state index in [4.69, 9.17) is 17.3 Å². The van der Waals surface area contributed by atoms with Crippen molar-refractivity contribution in [2.24, 2.45) is 0 Å². The number of nitrogens with two attached hydrogens (primary N) is 1. The number of nitrogens with zero attached hydrogens (tertiary/aromatic N) is 2. The first-order chi connectivity index (χ1) is 8.08. The Hall–Kier alpha value is -1.81. The van der Waals surface area contributed by atoms with Crippen molar-refractivity contribution in [1.82, 2.24) is 9.55 Å². The average molecular weight is 250 g/mol. The van der Waals surface area contributed by atoms with Crippen LogP contribution in [0.25, 0.3) is 0 Å². The number of halogens is 1. The number of rotatable bonds is 2. The maximum atomic E-state index is 11.6. The van der Waals surface area contributed by atoms with Gasteiger partial charge in [0.25, 0.3) is 0 Å². The Labute approximate surface area is 104 Å². The quantitative estimate of drug-likeness (QED) is 0.826. The molecular formula is C12H12ClN3O. The number of hydrogen-bond donors (Lipinski definition) is 1. The van der Waals surface area contributed by atoms with E-state index in [2.05, 4.69) is 4.98 Å². The molecule has 0 saturated carbocycles. The van der Waals surface area contributed by atoms with Crippen LogP contribution in [0.1, 0.15) is 11.1 Å². The summed E-state index contributed by atoms with van der Waals surface area (Å²) in [5, 5.41) is 0.554. The van der Waals surface area contributed by atoms with Crippen molar-refractivity contribution in [3.05, 3.63) is 57.2 Å². The lowest BCUT2D eigenvalue weighted by Crippen LogP contribution is -2.23. The highest BCUT2D eigenvalue weighted by Gasteiger charge is 2.06. The van der Waals surface area contributed by atoms with Crippen molar-refractivity contribution in [1.29, 1.82) is 0 Å². The van der Waals surface area contributed by atoms with E-state index < -0.39 is 0 Å². The van der Waals surface area contributed by atoms with Gasteiger partial charge in [0, 0.05) is 28.7 Å². The van der Waals surface area contributed by atoms with Gasteiger partial charge in [-0.2, -0.15) is 0 Å². The molecule has 0 unspecified atom stereocenters. The van der Waals surface area contributed by atoms with Gasteiger partial charge in [-0.3, -0.25) is 4.57 Å². The average Bonchev–Trinajstić information content (AvgIpc) is 2.28. The Morgan fingerprint density at radius 2 is 2.24 bits per heavy atom. The normalized spacial score (nSPS) is 10.5. The lowest BCUT2D eigenvalue weighted by Gasteiger charge is -2.10. The molecule has 1 aromatic carbocycles. The van der Waals surface area contributed by atoms with Crippen molar-refractivity contribution < 1.29 is 0 Å². The molecule has 1 heterocycles. The Kier molecular flexibility index (Phi) is 3.15. The van der Waals surface area contributed by atoms with Crippen LogP contribution in [0.4, 0.5) is 5.69 Å². The first-order valence-corrected chi connectivity index (χ1v) is 5.51. The van der Waals surface area contributed by atoms with E-state index in [0.29, 0.717) is 17.3 Å². The minimum atomic E-state index is -0.310. The van der Waals surface area contributed by atoms with Gasteiger partial charge in [0.1, 0.15) is 0 Å². The predicted octanol–water partition coefficient (Wildman–Crippen LogP) is 1.84. The van der Waals surface area contributed by atoms with Gasteiger partial charge in [-0.05, 0) is 24.6 Å². The summed E-state index contributed by atoms with van der Waals surface area (Å²) in [6, 6.07) is 5.29. The van der Waals surface area contributed by atoms with Crippen molar-refractivity contribution in [2.45, 2.75) is 13.5 Å². The van der Waals surface area contributed by atoms with E-state index in [9.17, 15) is 4.79 Å². The lowest BCUT2D eigenvalue weighted by molar-refractivity contribution is 0.722. The molecule has 0 aliphatic heterocycles. The van der Waals surface area contributed by atoms with Crippen LogP contribution in [-0.2, 0) is 6.54 Å². The molecule has 88 valence electrons. The fourth-order valence-corrected chi connectivity index (χ4v) is 1.83. The first-order valence-electron chi connectivity index (χ1n) is 5.14. The lowest BCUT2D eigenvalue weighted by atomic mass is 10.2. The van der Waals surface area contributed by atoms with Gasteiger partial charge in [-0.25, -0.2) is 9.78 Å². The maximum Gasteiger partial charge on any atom is 0.347 e. The van der Waals surface area contributed by atoms with Crippen LogP contribution >= 0.6 is 11.6 Å².